The number of anilines is 2. The van der Waals surface area contributed by atoms with E-state index in [2.05, 4.69) is 22.0 Å². The van der Waals surface area contributed by atoms with Crippen molar-refractivity contribution in [2.75, 3.05) is 30.3 Å². The average Bonchev–Trinajstić information content (AvgIpc) is 2.78. The van der Waals surface area contributed by atoms with E-state index >= 15 is 0 Å². The summed E-state index contributed by atoms with van der Waals surface area (Å²) in [7, 11) is 0. The number of rotatable bonds is 9. The number of likely N-dealkylation sites (tertiary alicyclic amines) is 1. The summed E-state index contributed by atoms with van der Waals surface area (Å²) < 4.78 is 1.38. The number of nitrogen functional groups attached to an aromatic ring is 1. The molecule has 2 aromatic rings. The summed E-state index contributed by atoms with van der Waals surface area (Å²) in [4.78, 5) is 45.2. The molecule has 1 fully saturated rings. The van der Waals surface area contributed by atoms with Gasteiger partial charge < -0.3 is 10.6 Å². The van der Waals surface area contributed by atoms with E-state index in [4.69, 9.17) is 5.73 Å². The van der Waals surface area contributed by atoms with Crippen LogP contribution in [0.5, 0.6) is 0 Å². The number of hydrogen-bond acceptors (Lipinski definition) is 5. The van der Waals surface area contributed by atoms with Crippen molar-refractivity contribution in [3.63, 3.8) is 0 Å². The number of amides is 1. The standard InChI is InChI=1S/C25H37N5O3/c1-4-5-14-29-22(26)21(23(31)27-25(29)33)30(15-18(2)3)24(32)20-12-9-13-28(17-20)16-19-10-7-6-8-11-19/h6-8,10-11,18,20H,4-5,9,12-17,26H2,1-3H3,(H,27,31,33). The minimum Gasteiger partial charge on any atom is -0.383 e. The minimum absolute atomic E-state index is 0.0724. The summed E-state index contributed by atoms with van der Waals surface area (Å²) in [5.41, 5.74) is 6.53. The van der Waals surface area contributed by atoms with Gasteiger partial charge in [-0.15, -0.1) is 0 Å². The summed E-state index contributed by atoms with van der Waals surface area (Å²) in [6.07, 6.45) is 3.33. The van der Waals surface area contributed by atoms with Crippen LogP contribution in [0.2, 0.25) is 0 Å². The fourth-order valence-electron chi connectivity index (χ4n) is 4.50. The van der Waals surface area contributed by atoms with Crippen molar-refractivity contribution in [2.24, 2.45) is 11.8 Å². The molecule has 180 valence electrons. The molecule has 1 unspecified atom stereocenters. The van der Waals surface area contributed by atoms with Gasteiger partial charge in [0.1, 0.15) is 5.82 Å². The number of nitrogens with zero attached hydrogens (tertiary/aromatic N) is 3. The molecule has 1 aliphatic rings. The van der Waals surface area contributed by atoms with Gasteiger partial charge in [0, 0.05) is 26.2 Å². The van der Waals surface area contributed by atoms with Crippen LogP contribution >= 0.6 is 0 Å². The van der Waals surface area contributed by atoms with Crippen molar-refractivity contribution in [2.45, 2.75) is 59.5 Å². The number of piperidine rings is 1. The average molecular weight is 456 g/mol. The first-order valence-electron chi connectivity index (χ1n) is 12.0. The Balaban J connectivity index is 1.89. The molecule has 1 aromatic heterocycles. The largest absolute Gasteiger partial charge is 0.383 e. The van der Waals surface area contributed by atoms with Crippen LogP contribution in [0.4, 0.5) is 11.5 Å². The molecule has 1 saturated heterocycles. The lowest BCUT2D eigenvalue weighted by Gasteiger charge is -2.35. The highest BCUT2D eigenvalue weighted by atomic mass is 16.2. The number of nitrogens with two attached hydrogens (primary N) is 1. The second-order valence-corrected chi connectivity index (χ2v) is 9.40. The summed E-state index contributed by atoms with van der Waals surface area (Å²) in [6, 6.07) is 10.2. The SMILES string of the molecule is CCCCn1c(N)c(N(CC(C)C)C(=O)C2CCCN(Cc3ccccc3)C2)c(=O)[nH]c1=O. The van der Waals surface area contributed by atoms with E-state index in [0.717, 1.165) is 38.8 Å². The lowest BCUT2D eigenvalue weighted by Crippen LogP contribution is -2.48. The van der Waals surface area contributed by atoms with Crippen molar-refractivity contribution in [3.05, 3.63) is 56.7 Å². The third-order valence-corrected chi connectivity index (χ3v) is 6.14. The molecule has 0 bridgehead atoms. The Morgan fingerprint density at radius 2 is 1.97 bits per heavy atom. The van der Waals surface area contributed by atoms with Crippen molar-refractivity contribution < 1.29 is 4.79 Å². The monoisotopic (exact) mass is 455 g/mol. The van der Waals surface area contributed by atoms with Gasteiger partial charge >= 0.3 is 5.69 Å². The number of aromatic nitrogens is 2. The lowest BCUT2D eigenvalue weighted by atomic mass is 9.95. The van der Waals surface area contributed by atoms with Gasteiger partial charge in [0.2, 0.25) is 5.91 Å². The van der Waals surface area contributed by atoms with E-state index < -0.39 is 11.2 Å². The number of aromatic amines is 1. The third-order valence-electron chi connectivity index (χ3n) is 6.14. The maximum absolute atomic E-state index is 13.8. The van der Waals surface area contributed by atoms with Gasteiger partial charge in [0.05, 0.1) is 5.92 Å². The van der Waals surface area contributed by atoms with Crippen LogP contribution in [0.1, 0.15) is 52.0 Å². The maximum atomic E-state index is 13.8. The molecule has 0 radical (unpaired) electrons. The molecule has 0 spiro atoms. The van der Waals surface area contributed by atoms with Crippen LogP contribution in [0.25, 0.3) is 0 Å². The quantitative estimate of drug-likeness (QED) is 0.605. The number of hydrogen-bond donors (Lipinski definition) is 2. The van der Waals surface area contributed by atoms with Gasteiger partial charge in [-0.05, 0) is 37.3 Å². The van der Waals surface area contributed by atoms with Gasteiger partial charge in [-0.2, -0.15) is 0 Å². The zero-order valence-electron chi connectivity index (χ0n) is 20.0. The first kappa shape index (κ1) is 24.8. The topological polar surface area (TPSA) is 104 Å². The molecule has 3 rings (SSSR count). The molecule has 3 N–H and O–H groups in total. The van der Waals surface area contributed by atoms with Gasteiger partial charge in [0.15, 0.2) is 5.69 Å². The number of H-pyrrole nitrogens is 1. The maximum Gasteiger partial charge on any atom is 0.330 e. The normalized spacial score (nSPS) is 16.8. The first-order valence-corrected chi connectivity index (χ1v) is 12.0. The Bertz CT molecular complexity index is 1040. The second kappa shape index (κ2) is 11.3. The highest BCUT2D eigenvalue weighted by Crippen LogP contribution is 2.26. The number of nitrogens with one attached hydrogen (secondary N) is 1. The Morgan fingerprint density at radius 1 is 1.24 bits per heavy atom. The van der Waals surface area contributed by atoms with Crippen molar-refractivity contribution in [1.82, 2.24) is 14.5 Å². The molecule has 1 amide bonds. The van der Waals surface area contributed by atoms with Crippen LogP contribution in [-0.2, 0) is 17.9 Å². The molecular formula is C25H37N5O3. The Kier molecular flexibility index (Phi) is 8.49. The Hall–Kier alpha value is -2.87. The van der Waals surface area contributed by atoms with Crippen molar-refractivity contribution in [1.29, 1.82) is 0 Å². The lowest BCUT2D eigenvalue weighted by molar-refractivity contribution is -0.124. The Morgan fingerprint density at radius 3 is 2.64 bits per heavy atom. The van der Waals surface area contributed by atoms with Crippen LogP contribution in [0.15, 0.2) is 39.9 Å². The van der Waals surface area contributed by atoms with Crippen LogP contribution in [-0.4, -0.2) is 40.0 Å². The predicted molar refractivity (Wildman–Crippen MR) is 132 cm³/mol. The molecule has 0 aliphatic carbocycles. The number of carbonyl (C=O) groups is 1. The number of unbranched alkanes of at least 4 members (excludes halogenated alkanes) is 1. The van der Waals surface area contributed by atoms with Crippen molar-refractivity contribution >= 4 is 17.4 Å². The van der Waals surface area contributed by atoms with E-state index in [0.29, 0.717) is 19.6 Å². The smallest absolute Gasteiger partial charge is 0.330 e. The van der Waals surface area contributed by atoms with E-state index in [9.17, 15) is 14.4 Å². The summed E-state index contributed by atoms with van der Waals surface area (Å²) in [5, 5.41) is 0. The van der Waals surface area contributed by atoms with E-state index in [1.807, 2.05) is 39.0 Å². The highest BCUT2D eigenvalue weighted by molar-refractivity contribution is 5.97. The molecule has 8 heteroatoms. The number of benzene rings is 1. The van der Waals surface area contributed by atoms with E-state index in [1.54, 1.807) is 0 Å². The van der Waals surface area contributed by atoms with E-state index in [-0.39, 0.29) is 29.2 Å². The third kappa shape index (κ3) is 6.13. The van der Waals surface area contributed by atoms with Gasteiger partial charge in [-0.1, -0.05) is 57.5 Å². The molecule has 0 saturated carbocycles. The summed E-state index contributed by atoms with van der Waals surface area (Å²) in [5.74, 6) is -0.119. The number of carbonyl (C=O) groups excluding carboxylic acids is 1. The second-order valence-electron chi connectivity index (χ2n) is 9.40. The highest BCUT2D eigenvalue weighted by Gasteiger charge is 2.33. The Labute approximate surface area is 195 Å². The minimum atomic E-state index is -0.601. The molecule has 1 aromatic carbocycles. The summed E-state index contributed by atoms with van der Waals surface area (Å²) in [6.45, 7) is 9.16. The molecular weight excluding hydrogens is 418 g/mol. The van der Waals surface area contributed by atoms with Gasteiger partial charge in [0.25, 0.3) is 5.56 Å². The molecule has 2 heterocycles. The fourth-order valence-corrected chi connectivity index (χ4v) is 4.50. The van der Waals surface area contributed by atoms with Gasteiger partial charge in [-0.3, -0.25) is 24.0 Å². The van der Waals surface area contributed by atoms with Crippen LogP contribution < -0.4 is 21.9 Å². The zero-order chi connectivity index (χ0) is 24.0. The molecule has 33 heavy (non-hydrogen) atoms. The molecule has 8 nitrogen and oxygen atoms in total. The predicted octanol–water partition coefficient (Wildman–Crippen LogP) is 2.82. The molecule has 1 atom stereocenters. The van der Waals surface area contributed by atoms with Crippen molar-refractivity contribution in [3.8, 4) is 0 Å². The summed E-state index contributed by atoms with van der Waals surface area (Å²) >= 11 is 0. The first-order chi connectivity index (χ1) is 15.8. The zero-order valence-corrected chi connectivity index (χ0v) is 20.0. The fraction of sp³-hybridized carbons (Fsp3) is 0.560. The van der Waals surface area contributed by atoms with Crippen LogP contribution in [0, 0.1) is 11.8 Å². The van der Waals surface area contributed by atoms with E-state index in [1.165, 1.54) is 15.0 Å². The van der Waals surface area contributed by atoms with Gasteiger partial charge in [-0.25, -0.2) is 4.79 Å². The van der Waals surface area contributed by atoms with Crippen LogP contribution in [0.3, 0.4) is 0 Å². The molecule has 1 aliphatic heterocycles.